The summed E-state index contributed by atoms with van der Waals surface area (Å²) in [5.74, 6) is 0.756. The van der Waals surface area contributed by atoms with Gasteiger partial charge < -0.3 is 5.11 Å². The van der Waals surface area contributed by atoms with E-state index in [4.69, 9.17) is 0 Å². The van der Waals surface area contributed by atoms with Gasteiger partial charge in [-0.25, -0.2) is 0 Å². The van der Waals surface area contributed by atoms with Gasteiger partial charge >= 0.3 is 0 Å². The van der Waals surface area contributed by atoms with Gasteiger partial charge in [0.05, 0.1) is 0 Å². The first-order valence-corrected chi connectivity index (χ1v) is 8.08. The summed E-state index contributed by atoms with van der Waals surface area (Å²) >= 11 is 0. The van der Waals surface area contributed by atoms with Crippen LogP contribution in [-0.2, 0) is 0 Å². The predicted molar refractivity (Wildman–Crippen MR) is 94.4 cm³/mol. The first kappa shape index (κ1) is 15.1. The Morgan fingerprint density at radius 1 is 0.864 bits per heavy atom. The molecule has 0 aromatic rings. The Kier molecular flexibility index (Phi) is 3.18. The minimum atomic E-state index is 0.108. The second kappa shape index (κ2) is 4.62. The molecule has 1 unspecified atom stereocenters. The summed E-state index contributed by atoms with van der Waals surface area (Å²) < 4.78 is 0. The van der Waals surface area contributed by atoms with Crippen LogP contribution in [0.25, 0.3) is 16.7 Å². The van der Waals surface area contributed by atoms with Crippen molar-refractivity contribution < 1.29 is 5.11 Å². The van der Waals surface area contributed by atoms with Gasteiger partial charge in [-0.15, -0.1) is 0 Å². The third kappa shape index (κ3) is 2.24. The number of hydrogen-bond donors (Lipinski definition) is 1. The molecule has 1 atom stereocenters. The van der Waals surface area contributed by atoms with E-state index in [1.807, 2.05) is 12.1 Å². The molecule has 3 aliphatic carbocycles. The van der Waals surface area contributed by atoms with Crippen LogP contribution in [0.3, 0.4) is 0 Å². The second-order valence-electron chi connectivity index (χ2n) is 8.58. The summed E-state index contributed by atoms with van der Waals surface area (Å²) in [5, 5.41) is 10.3. The molecule has 22 heavy (non-hydrogen) atoms. The van der Waals surface area contributed by atoms with Gasteiger partial charge in [0, 0.05) is 11.5 Å². The molecule has 0 aromatic carbocycles. The third-order valence-corrected chi connectivity index (χ3v) is 4.74. The summed E-state index contributed by atoms with van der Waals surface area (Å²) in [7, 11) is 0. The van der Waals surface area contributed by atoms with Gasteiger partial charge in [-0.2, -0.15) is 0 Å². The van der Waals surface area contributed by atoms with E-state index in [1.54, 1.807) is 6.07 Å². The number of fused-ring (bicyclic) bond motifs is 3. The van der Waals surface area contributed by atoms with Gasteiger partial charge in [0.2, 0.25) is 0 Å². The lowest BCUT2D eigenvalue weighted by Crippen LogP contribution is -2.15. The van der Waals surface area contributed by atoms with E-state index in [9.17, 15) is 5.11 Å². The lowest BCUT2D eigenvalue weighted by atomic mass is 9.77. The fourth-order valence-electron chi connectivity index (χ4n) is 3.60. The first-order valence-electron chi connectivity index (χ1n) is 8.08. The van der Waals surface area contributed by atoms with Crippen molar-refractivity contribution in [2.24, 2.45) is 10.8 Å². The van der Waals surface area contributed by atoms with E-state index in [0.717, 1.165) is 5.56 Å². The molecule has 1 nitrogen and oxygen atoms in total. The molecule has 3 rings (SSSR count). The number of allylic oxidation sites excluding steroid dienone is 2. The zero-order chi connectivity index (χ0) is 16.3. The zero-order valence-corrected chi connectivity index (χ0v) is 14.5. The van der Waals surface area contributed by atoms with Crippen LogP contribution >= 0.6 is 0 Å². The second-order valence-corrected chi connectivity index (χ2v) is 8.58. The molecule has 0 bridgehead atoms. The average Bonchev–Trinajstić information content (AvgIpc) is 2.84. The standard InChI is InChI=1S/C21H26O/c1-20(2,3)16-12-17(21(4,5)6)19-13-9-7-8-10-18(22)14(13)11-15(16)19/h7-12,17,22H,1-6H3. The molecular weight excluding hydrogens is 268 g/mol. The molecule has 0 heterocycles. The molecule has 0 fully saturated rings. The first-order chi connectivity index (χ1) is 10.1. The Balaban J connectivity index is 2.34. The molecule has 0 aromatic heterocycles. The highest BCUT2D eigenvalue weighted by atomic mass is 16.3. The van der Waals surface area contributed by atoms with Gasteiger partial charge in [-0.05, 0) is 45.2 Å². The lowest BCUT2D eigenvalue weighted by molar-refractivity contribution is 0.370. The van der Waals surface area contributed by atoms with E-state index in [2.05, 4.69) is 59.8 Å². The maximum atomic E-state index is 10.3. The quantitative estimate of drug-likeness (QED) is 0.625. The molecule has 3 aliphatic rings. The Hall–Kier alpha value is -1.76. The van der Waals surface area contributed by atoms with Crippen molar-refractivity contribution >= 4 is 5.57 Å². The van der Waals surface area contributed by atoms with Crippen molar-refractivity contribution in [2.45, 2.75) is 47.5 Å². The van der Waals surface area contributed by atoms with Crippen molar-refractivity contribution in [1.82, 2.24) is 0 Å². The number of aromatic hydroxyl groups is 1. The van der Waals surface area contributed by atoms with Crippen LogP contribution in [0.2, 0.25) is 0 Å². The van der Waals surface area contributed by atoms with Gasteiger partial charge in [0.25, 0.3) is 0 Å². The smallest absolute Gasteiger partial charge is 0.123 e. The highest BCUT2D eigenvalue weighted by molar-refractivity contribution is 5.91. The SMILES string of the molecule is CC(C)(C)C1=CC(C(C)(C)C)c2c1cc1c(O)ccccc2-1. The molecular formula is C21H26O. The fraction of sp³-hybridized carbons (Fsp3) is 0.429. The van der Waals surface area contributed by atoms with Crippen molar-refractivity contribution in [3.63, 3.8) is 0 Å². The molecule has 116 valence electrons. The molecule has 1 N–H and O–H groups in total. The molecule has 0 amide bonds. The Morgan fingerprint density at radius 2 is 1.50 bits per heavy atom. The summed E-state index contributed by atoms with van der Waals surface area (Å²) in [4.78, 5) is 0. The number of rotatable bonds is 0. The van der Waals surface area contributed by atoms with Gasteiger partial charge in [0.1, 0.15) is 5.75 Å². The highest BCUT2D eigenvalue weighted by Crippen LogP contribution is 2.56. The van der Waals surface area contributed by atoms with Crippen LogP contribution in [0.1, 0.15) is 58.6 Å². The summed E-state index contributed by atoms with van der Waals surface area (Å²) in [5.41, 5.74) is 6.54. The van der Waals surface area contributed by atoms with Crippen molar-refractivity contribution in [2.75, 3.05) is 0 Å². The van der Waals surface area contributed by atoms with E-state index in [-0.39, 0.29) is 10.8 Å². The maximum Gasteiger partial charge on any atom is 0.123 e. The average molecular weight is 294 g/mol. The third-order valence-electron chi connectivity index (χ3n) is 4.74. The summed E-state index contributed by atoms with van der Waals surface area (Å²) in [6.45, 7) is 13.7. The molecule has 0 aliphatic heterocycles. The van der Waals surface area contributed by atoms with E-state index >= 15 is 0 Å². The van der Waals surface area contributed by atoms with Crippen LogP contribution in [-0.4, -0.2) is 5.11 Å². The van der Waals surface area contributed by atoms with Gasteiger partial charge in [-0.1, -0.05) is 65.8 Å². The fourth-order valence-corrected chi connectivity index (χ4v) is 3.60. The van der Waals surface area contributed by atoms with E-state index in [0.29, 0.717) is 11.7 Å². The van der Waals surface area contributed by atoms with Crippen LogP contribution in [0.4, 0.5) is 0 Å². The molecule has 0 saturated carbocycles. The largest absolute Gasteiger partial charge is 0.507 e. The minimum Gasteiger partial charge on any atom is -0.507 e. The zero-order valence-electron chi connectivity index (χ0n) is 14.5. The van der Waals surface area contributed by atoms with Gasteiger partial charge in [0.15, 0.2) is 0 Å². The Bertz CT molecular complexity index is 723. The predicted octanol–water partition coefficient (Wildman–Crippen LogP) is 6.07. The van der Waals surface area contributed by atoms with Crippen molar-refractivity contribution in [3.8, 4) is 16.9 Å². The number of hydrogen-bond acceptors (Lipinski definition) is 1. The molecule has 0 saturated heterocycles. The van der Waals surface area contributed by atoms with Crippen molar-refractivity contribution in [3.05, 3.63) is 47.5 Å². The van der Waals surface area contributed by atoms with E-state index < -0.39 is 0 Å². The Morgan fingerprint density at radius 3 is 2.09 bits per heavy atom. The summed E-state index contributed by atoms with van der Waals surface area (Å²) in [6, 6.07) is 10.0. The molecule has 0 spiro atoms. The van der Waals surface area contributed by atoms with Crippen LogP contribution in [0.15, 0.2) is 36.4 Å². The minimum absolute atomic E-state index is 0.108. The van der Waals surface area contributed by atoms with Crippen LogP contribution in [0.5, 0.6) is 5.75 Å². The van der Waals surface area contributed by atoms with E-state index in [1.165, 1.54) is 22.3 Å². The maximum absolute atomic E-state index is 10.3. The lowest BCUT2D eigenvalue weighted by Gasteiger charge is -2.27. The van der Waals surface area contributed by atoms with Crippen LogP contribution in [0, 0.1) is 10.8 Å². The van der Waals surface area contributed by atoms with Crippen LogP contribution < -0.4 is 0 Å². The molecule has 1 heteroatoms. The highest BCUT2D eigenvalue weighted by Gasteiger charge is 2.39. The monoisotopic (exact) mass is 294 g/mol. The molecule has 0 radical (unpaired) electrons. The Labute approximate surface area is 134 Å². The van der Waals surface area contributed by atoms with Crippen molar-refractivity contribution in [1.29, 1.82) is 0 Å². The normalized spacial score (nSPS) is 18.5. The topological polar surface area (TPSA) is 20.2 Å². The van der Waals surface area contributed by atoms with Gasteiger partial charge in [-0.3, -0.25) is 0 Å². The summed E-state index contributed by atoms with van der Waals surface area (Å²) in [6.07, 6.45) is 2.45.